The largest absolute Gasteiger partial charge is 0.462 e. The predicted molar refractivity (Wildman–Crippen MR) is 90.9 cm³/mol. The van der Waals surface area contributed by atoms with E-state index < -0.39 is 5.91 Å². The van der Waals surface area contributed by atoms with Crippen LogP contribution in [0.4, 0.5) is 0 Å². The van der Waals surface area contributed by atoms with Crippen molar-refractivity contribution >= 4 is 41.3 Å². The molecule has 0 radical (unpaired) electrons. The third kappa shape index (κ3) is 6.22. The number of benzene rings is 1. The zero-order chi connectivity index (χ0) is 16.7. The third-order valence-electron chi connectivity index (χ3n) is 2.67. The Morgan fingerprint density at radius 3 is 2.57 bits per heavy atom. The zero-order valence-corrected chi connectivity index (χ0v) is 13.9. The van der Waals surface area contributed by atoms with Crippen LogP contribution in [0.25, 0.3) is 6.08 Å². The third-order valence-corrected chi connectivity index (χ3v) is 3.93. The van der Waals surface area contributed by atoms with Crippen LogP contribution >= 0.6 is 23.4 Å². The van der Waals surface area contributed by atoms with Gasteiger partial charge in [0.15, 0.2) is 0 Å². The molecule has 0 atom stereocenters. The monoisotopic (exact) mass is 350 g/mol. The molecule has 0 aliphatic rings. The molecule has 2 N–H and O–H groups in total. The molecule has 0 saturated heterocycles. The standard InChI is InChI=1S/C16H15ClN2O3S/c1-11-2-5-13(22-11)6-9-15(20)18-19-16(21)10-23-14-7-3-12(17)4-8-14/h2-9H,10H2,1H3,(H,18,20)(H,19,21)/b9-6+. The Hall–Kier alpha value is -2.18. The highest BCUT2D eigenvalue weighted by Crippen LogP contribution is 2.19. The highest BCUT2D eigenvalue weighted by Gasteiger charge is 2.04. The van der Waals surface area contributed by atoms with Gasteiger partial charge in [-0.05, 0) is 49.4 Å². The molecule has 120 valence electrons. The first-order valence-corrected chi connectivity index (χ1v) is 8.11. The minimum atomic E-state index is -0.441. The maximum absolute atomic E-state index is 11.6. The van der Waals surface area contributed by atoms with Crippen molar-refractivity contribution in [1.82, 2.24) is 10.9 Å². The summed E-state index contributed by atoms with van der Waals surface area (Å²) in [5.74, 6) is 0.771. The van der Waals surface area contributed by atoms with Crippen LogP contribution in [0.5, 0.6) is 0 Å². The maximum atomic E-state index is 11.6. The van der Waals surface area contributed by atoms with Gasteiger partial charge >= 0.3 is 0 Å². The Morgan fingerprint density at radius 2 is 1.91 bits per heavy atom. The van der Waals surface area contributed by atoms with Crippen LogP contribution in [0.1, 0.15) is 11.5 Å². The van der Waals surface area contributed by atoms with Gasteiger partial charge in [0.1, 0.15) is 11.5 Å². The van der Waals surface area contributed by atoms with Gasteiger partial charge in [0.2, 0.25) is 5.91 Å². The fourth-order valence-corrected chi connectivity index (χ4v) is 2.41. The van der Waals surface area contributed by atoms with Crippen molar-refractivity contribution < 1.29 is 14.0 Å². The summed E-state index contributed by atoms with van der Waals surface area (Å²) >= 11 is 7.13. The van der Waals surface area contributed by atoms with Crippen molar-refractivity contribution in [2.75, 3.05) is 5.75 Å². The topological polar surface area (TPSA) is 71.3 Å². The Kier molecular flexibility index (Phi) is 6.31. The molecule has 2 rings (SSSR count). The quantitative estimate of drug-likeness (QED) is 0.493. The van der Waals surface area contributed by atoms with Gasteiger partial charge in [0.05, 0.1) is 5.75 Å². The summed E-state index contributed by atoms with van der Waals surface area (Å²) in [7, 11) is 0. The summed E-state index contributed by atoms with van der Waals surface area (Å²) in [5.41, 5.74) is 4.64. The van der Waals surface area contributed by atoms with E-state index in [-0.39, 0.29) is 11.7 Å². The van der Waals surface area contributed by atoms with E-state index in [9.17, 15) is 9.59 Å². The number of furan rings is 1. The molecule has 23 heavy (non-hydrogen) atoms. The molecule has 1 aromatic heterocycles. The number of hydrazine groups is 1. The van der Waals surface area contributed by atoms with E-state index >= 15 is 0 Å². The average Bonchev–Trinajstić information content (AvgIpc) is 2.96. The van der Waals surface area contributed by atoms with Gasteiger partial charge < -0.3 is 4.42 Å². The van der Waals surface area contributed by atoms with Crippen molar-refractivity contribution in [2.24, 2.45) is 0 Å². The van der Waals surface area contributed by atoms with E-state index in [1.54, 1.807) is 24.3 Å². The van der Waals surface area contributed by atoms with Crippen LogP contribution in [0.2, 0.25) is 5.02 Å². The molecule has 2 aromatic rings. The van der Waals surface area contributed by atoms with Crippen molar-refractivity contribution in [3.05, 3.63) is 59.0 Å². The first kappa shape index (κ1) is 17.2. The summed E-state index contributed by atoms with van der Waals surface area (Å²) in [6, 6.07) is 10.7. The number of amides is 2. The number of carbonyl (C=O) groups excluding carboxylic acids is 2. The van der Waals surface area contributed by atoms with E-state index in [1.165, 1.54) is 23.9 Å². The second kappa shape index (κ2) is 8.45. The molecule has 1 aromatic carbocycles. The highest BCUT2D eigenvalue weighted by molar-refractivity contribution is 8.00. The molecular weight excluding hydrogens is 336 g/mol. The Bertz CT molecular complexity index is 710. The summed E-state index contributed by atoms with van der Waals surface area (Å²) in [6.07, 6.45) is 2.81. The predicted octanol–water partition coefficient (Wildman–Crippen LogP) is 3.19. The molecule has 1 heterocycles. The van der Waals surface area contributed by atoms with Gasteiger partial charge in [0, 0.05) is 16.0 Å². The molecule has 0 bridgehead atoms. The number of rotatable bonds is 5. The van der Waals surface area contributed by atoms with Crippen LogP contribution in [0, 0.1) is 6.92 Å². The number of hydrogen-bond donors (Lipinski definition) is 2. The molecule has 5 nitrogen and oxygen atoms in total. The van der Waals surface area contributed by atoms with E-state index in [1.807, 2.05) is 19.1 Å². The zero-order valence-electron chi connectivity index (χ0n) is 12.3. The molecule has 0 aliphatic carbocycles. The SMILES string of the molecule is Cc1ccc(/C=C/C(=O)NNC(=O)CSc2ccc(Cl)cc2)o1. The second-order valence-electron chi connectivity index (χ2n) is 4.56. The van der Waals surface area contributed by atoms with E-state index in [0.29, 0.717) is 10.8 Å². The molecule has 0 saturated carbocycles. The Morgan fingerprint density at radius 1 is 1.17 bits per heavy atom. The molecule has 7 heteroatoms. The number of thioether (sulfide) groups is 1. The highest BCUT2D eigenvalue weighted by atomic mass is 35.5. The average molecular weight is 351 g/mol. The van der Waals surface area contributed by atoms with E-state index in [4.69, 9.17) is 16.0 Å². The molecule has 0 unspecified atom stereocenters. The van der Waals surface area contributed by atoms with Crippen LogP contribution in [0.15, 0.2) is 51.8 Å². The Labute approximate surface area is 143 Å². The number of halogens is 1. The van der Waals surface area contributed by atoms with Crippen molar-refractivity contribution in [3.8, 4) is 0 Å². The first-order valence-electron chi connectivity index (χ1n) is 6.74. The fourth-order valence-electron chi connectivity index (χ4n) is 1.59. The molecule has 0 aliphatic heterocycles. The van der Waals surface area contributed by atoms with Crippen LogP contribution in [0.3, 0.4) is 0 Å². The number of hydrogen-bond acceptors (Lipinski definition) is 4. The molecule has 0 fully saturated rings. The van der Waals surface area contributed by atoms with Gasteiger partial charge in [-0.3, -0.25) is 20.4 Å². The van der Waals surface area contributed by atoms with Gasteiger partial charge in [0.25, 0.3) is 5.91 Å². The second-order valence-corrected chi connectivity index (χ2v) is 6.05. The lowest BCUT2D eigenvalue weighted by Crippen LogP contribution is -2.41. The Balaban J connectivity index is 1.70. The lowest BCUT2D eigenvalue weighted by Gasteiger charge is -2.05. The van der Waals surface area contributed by atoms with E-state index in [0.717, 1.165) is 10.7 Å². The lowest BCUT2D eigenvalue weighted by molar-refractivity contribution is -0.125. The summed E-state index contributed by atoms with van der Waals surface area (Å²) < 4.78 is 5.29. The summed E-state index contributed by atoms with van der Waals surface area (Å²) in [4.78, 5) is 24.1. The number of aryl methyl sites for hydroxylation is 1. The molecular formula is C16H15ClN2O3S. The van der Waals surface area contributed by atoms with Crippen LogP contribution in [-0.4, -0.2) is 17.6 Å². The summed E-state index contributed by atoms with van der Waals surface area (Å²) in [5, 5.41) is 0.643. The smallest absolute Gasteiger partial charge is 0.262 e. The summed E-state index contributed by atoms with van der Waals surface area (Å²) in [6.45, 7) is 1.82. The number of carbonyl (C=O) groups is 2. The van der Waals surface area contributed by atoms with Crippen LogP contribution < -0.4 is 10.9 Å². The lowest BCUT2D eigenvalue weighted by atomic mass is 10.4. The van der Waals surface area contributed by atoms with Gasteiger partial charge in [-0.15, -0.1) is 11.8 Å². The van der Waals surface area contributed by atoms with Gasteiger partial charge in [-0.1, -0.05) is 11.6 Å². The molecule has 2 amide bonds. The van der Waals surface area contributed by atoms with Crippen molar-refractivity contribution in [3.63, 3.8) is 0 Å². The molecule has 0 spiro atoms. The minimum Gasteiger partial charge on any atom is -0.462 e. The van der Waals surface area contributed by atoms with Gasteiger partial charge in [-0.25, -0.2) is 0 Å². The number of nitrogens with one attached hydrogen (secondary N) is 2. The first-order chi connectivity index (χ1) is 11.0. The van der Waals surface area contributed by atoms with Crippen molar-refractivity contribution in [2.45, 2.75) is 11.8 Å². The van der Waals surface area contributed by atoms with E-state index in [2.05, 4.69) is 10.9 Å². The van der Waals surface area contributed by atoms with Gasteiger partial charge in [-0.2, -0.15) is 0 Å². The van der Waals surface area contributed by atoms with Crippen molar-refractivity contribution in [1.29, 1.82) is 0 Å². The fraction of sp³-hybridized carbons (Fsp3) is 0.125. The maximum Gasteiger partial charge on any atom is 0.262 e. The van der Waals surface area contributed by atoms with Crippen LogP contribution in [-0.2, 0) is 9.59 Å². The minimum absolute atomic E-state index is 0.184. The normalized spacial score (nSPS) is 10.7.